The molecule has 0 aliphatic heterocycles. The molecule has 0 radical (unpaired) electrons. The van der Waals surface area contributed by atoms with Gasteiger partial charge in [-0.25, -0.2) is 9.67 Å². The molecule has 0 aliphatic rings. The van der Waals surface area contributed by atoms with Crippen molar-refractivity contribution in [2.45, 2.75) is 33.4 Å². The number of rotatable bonds is 4. The van der Waals surface area contributed by atoms with E-state index < -0.39 is 0 Å². The number of hydrogen-bond donors (Lipinski definition) is 1. The number of nitrogens with two attached hydrogens (primary N) is 1. The number of anilines is 1. The summed E-state index contributed by atoms with van der Waals surface area (Å²) < 4.78 is 3.91. The molecule has 0 atom stereocenters. The Morgan fingerprint density at radius 1 is 1.38 bits per heavy atom. The first-order valence-corrected chi connectivity index (χ1v) is 5.43. The van der Waals surface area contributed by atoms with Gasteiger partial charge in [0.15, 0.2) is 5.82 Å². The molecule has 0 aliphatic carbocycles. The van der Waals surface area contributed by atoms with Crippen molar-refractivity contribution in [3.8, 4) is 0 Å². The lowest BCUT2D eigenvalue weighted by atomic mass is 10.3. The summed E-state index contributed by atoms with van der Waals surface area (Å²) in [5.41, 5.74) is 7.82. The Balaban J connectivity index is 2.26. The van der Waals surface area contributed by atoms with E-state index in [4.69, 9.17) is 5.73 Å². The molecule has 0 saturated heterocycles. The van der Waals surface area contributed by atoms with Crippen molar-refractivity contribution in [2.75, 3.05) is 5.73 Å². The van der Waals surface area contributed by atoms with Gasteiger partial charge < -0.3 is 10.3 Å². The molecule has 0 amide bonds. The molecule has 6 nitrogen and oxygen atoms in total. The molecule has 2 heterocycles. The molecule has 2 aromatic rings. The van der Waals surface area contributed by atoms with Crippen LogP contribution in [-0.4, -0.2) is 24.5 Å². The Kier molecular flexibility index (Phi) is 2.89. The van der Waals surface area contributed by atoms with Crippen molar-refractivity contribution in [2.24, 2.45) is 0 Å². The second-order valence-electron chi connectivity index (χ2n) is 3.60. The van der Waals surface area contributed by atoms with Gasteiger partial charge in [-0.2, -0.15) is 0 Å². The van der Waals surface area contributed by atoms with Crippen LogP contribution >= 0.6 is 0 Å². The summed E-state index contributed by atoms with van der Waals surface area (Å²) in [4.78, 5) is 4.12. The molecule has 6 heteroatoms. The molecule has 0 spiro atoms. The zero-order valence-corrected chi connectivity index (χ0v) is 9.59. The van der Waals surface area contributed by atoms with Gasteiger partial charge in [-0.15, -0.1) is 5.10 Å². The third-order valence-corrected chi connectivity index (χ3v) is 2.65. The molecule has 16 heavy (non-hydrogen) atoms. The lowest BCUT2D eigenvalue weighted by molar-refractivity contribution is 0.583. The van der Waals surface area contributed by atoms with Gasteiger partial charge in [-0.1, -0.05) is 12.1 Å². The topological polar surface area (TPSA) is 74.6 Å². The summed E-state index contributed by atoms with van der Waals surface area (Å²) in [7, 11) is 0. The molecule has 86 valence electrons. The Hall–Kier alpha value is -1.85. The molecule has 2 aromatic heterocycles. The lowest BCUT2D eigenvalue weighted by Crippen LogP contribution is -2.10. The predicted molar refractivity (Wildman–Crippen MR) is 60.8 cm³/mol. The summed E-state index contributed by atoms with van der Waals surface area (Å²) in [5, 5.41) is 7.92. The van der Waals surface area contributed by atoms with Gasteiger partial charge in [0.2, 0.25) is 0 Å². The van der Waals surface area contributed by atoms with E-state index >= 15 is 0 Å². The Morgan fingerprint density at radius 2 is 2.19 bits per heavy atom. The van der Waals surface area contributed by atoms with E-state index in [1.165, 1.54) is 0 Å². The first kappa shape index (κ1) is 10.7. The normalized spacial score (nSPS) is 10.9. The van der Waals surface area contributed by atoms with Crippen LogP contribution < -0.4 is 5.73 Å². The highest BCUT2D eigenvalue weighted by Gasteiger charge is 2.10. The Bertz CT molecular complexity index is 469. The minimum atomic E-state index is 0.519. The van der Waals surface area contributed by atoms with Gasteiger partial charge in [0.25, 0.3) is 0 Å². The average molecular weight is 220 g/mol. The predicted octanol–water partition coefficient (Wildman–Crippen LogP) is 0.687. The van der Waals surface area contributed by atoms with Crippen LogP contribution in [-0.2, 0) is 19.5 Å². The maximum atomic E-state index is 5.73. The third kappa shape index (κ3) is 1.78. The SMILES string of the molecule is CCc1c(N)nnn1Cc1cncn1CC. The molecule has 2 rings (SSSR count). The first-order valence-electron chi connectivity index (χ1n) is 5.43. The second kappa shape index (κ2) is 4.34. The second-order valence-corrected chi connectivity index (χ2v) is 3.60. The molecular weight excluding hydrogens is 204 g/mol. The van der Waals surface area contributed by atoms with Crippen LogP contribution in [0.2, 0.25) is 0 Å². The van der Waals surface area contributed by atoms with Crippen LogP contribution in [0.5, 0.6) is 0 Å². The quantitative estimate of drug-likeness (QED) is 0.822. The van der Waals surface area contributed by atoms with Gasteiger partial charge in [0.1, 0.15) is 0 Å². The molecule has 0 saturated carbocycles. The molecule has 0 fully saturated rings. The fourth-order valence-corrected chi connectivity index (χ4v) is 1.75. The maximum Gasteiger partial charge on any atom is 0.169 e. The van der Waals surface area contributed by atoms with Crippen molar-refractivity contribution in [3.05, 3.63) is 23.9 Å². The van der Waals surface area contributed by atoms with E-state index in [1.54, 1.807) is 0 Å². The molecule has 0 bridgehead atoms. The monoisotopic (exact) mass is 220 g/mol. The summed E-state index contributed by atoms with van der Waals surface area (Å²) >= 11 is 0. The van der Waals surface area contributed by atoms with Crippen LogP contribution in [0.25, 0.3) is 0 Å². The van der Waals surface area contributed by atoms with Gasteiger partial charge in [-0.05, 0) is 13.3 Å². The minimum Gasteiger partial charge on any atom is -0.381 e. The zero-order chi connectivity index (χ0) is 11.5. The fourth-order valence-electron chi connectivity index (χ4n) is 1.75. The Morgan fingerprint density at radius 3 is 2.88 bits per heavy atom. The van der Waals surface area contributed by atoms with Gasteiger partial charge in [0, 0.05) is 6.54 Å². The van der Waals surface area contributed by atoms with E-state index in [-0.39, 0.29) is 0 Å². The highest BCUT2D eigenvalue weighted by molar-refractivity contribution is 5.32. The maximum absolute atomic E-state index is 5.73. The largest absolute Gasteiger partial charge is 0.381 e. The number of aryl methyl sites for hydroxylation is 1. The first-order chi connectivity index (χ1) is 7.76. The molecule has 2 N–H and O–H groups in total. The van der Waals surface area contributed by atoms with E-state index in [9.17, 15) is 0 Å². The van der Waals surface area contributed by atoms with E-state index in [0.29, 0.717) is 12.4 Å². The van der Waals surface area contributed by atoms with Gasteiger partial charge in [-0.3, -0.25) is 0 Å². The van der Waals surface area contributed by atoms with Crippen LogP contribution in [0, 0.1) is 0 Å². The molecule has 0 unspecified atom stereocenters. The van der Waals surface area contributed by atoms with Crippen LogP contribution in [0.3, 0.4) is 0 Å². The Labute approximate surface area is 94.1 Å². The summed E-state index contributed by atoms with van der Waals surface area (Å²) in [6.45, 7) is 5.70. The number of nitrogen functional groups attached to an aromatic ring is 1. The van der Waals surface area contributed by atoms with E-state index in [2.05, 4.69) is 26.8 Å². The lowest BCUT2D eigenvalue weighted by Gasteiger charge is -2.07. The zero-order valence-electron chi connectivity index (χ0n) is 9.59. The summed E-state index contributed by atoms with van der Waals surface area (Å²) in [6.07, 6.45) is 4.50. The summed E-state index contributed by atoms with van der Waals surface area (Å²) in [5.74, 6) is 0.519. The fraction of sp³-hybridized carbons (Fsp3) is 0.500. The number of hydrogen-bond acceptors (Lipinski definition) is 4. The van der Waals surface area contributed by atoms with Crippen LogP contribution in [0.15, 0.2) is 12.5 Å². The highest BCUT2D eigenvalue weighted by atomic mass is 15.4. The highest BCUT2D eigenvalue weighted by Crippen LogP contribution is 2.10. The van der Waals surface area contributed by atoms with Gasteiger partial charge >= 0.3 is 0 Å². The molecular formula is C10H16N6. The smallest absolute Gasteiger partial charge is 0.169 e. The van der Waals surface area contributed by atoms with Crippen molar-refractivity contribution in [1.82, 2.24) is 24.5 Å². The number of nitrogens with zero attached hydrogens (tertiary/aromatic N) is 5. The number of aromatic nitrogens is 5. The van der Waals surface area contributed by atoms with Crippen LogP contribution in [0.1, 0.15) is 25.2 Å². The van der Waals surface area contributed by atoms with Crippen molar-refractivity contribution in [1.29, 1.82) is 0 Å². The van der Waals surface area contributed by atoms with Gasteiger partial charge in [0.05, 0.1) is 30.5 Å². The summed E-state index contributed by atoms with van der Waals surface area (Å²) in [6, 6.07) is 0. The van der Waals surface area contributed by atoms with Crippen molar-refractivity contribution >= 4 is 5.82 Å². The number of imidazole rings is 1. The third-order valence-electron chi connectivity index (χ3n) is 2.65. The average Bonchev–Trinajstić information content (AvgIpc) is 2.86. The molecule has 0 aromatic carbocycles. The standard InChI is InChI=1S/C10H16N6/c1-3-9-10(11)13-14-16(9)6-8-5-12-7-15(8)4-2/h5,7H,3-4,6,11H2,1-2H3. The van der Waals surface area contributed by atoms with Crippen LogP contribution in [0.4, 0.5) is 5.82 Å². The van der Waals surface area contributed by atoms with Crippen molar-refractivity contribution in [3.63, 3.8) is 0 Å². The van der Waals surface area contributed by atoms with Crippen molar-refractivity contribution < 1.29 is 0 Å². The van der Waals surface area contributed by atoms with E-state index in [1.807, 2.05) is 24.1 Å². The minimum absolute atomic E-state index is 0.519. The van der Waals surface area contributed by atoms with E-state index in [0.717, 1.165) is 24.4 Å².